The summed E-state index contributed by atoms with van der Waals surface area (Å²) in [6.07, 6.45) is 3.85. The van der Waals surface area contributed by atoms with Crippen molar-refractivity contribution in [3.63, 3.8) is 0 Å². The molecule has 122 valence electrons. The van der Waals surface area contributed by atoms with E-state index in [1.54, 1.807) is 30.1 Å². The molecule has 1 amide bonds. The molecular weight excluding hydrogens is 318 g/mol. The van der Waals surface area contributed by atoms with Crippen molar-refractivity contribution in [2.24, 2.45) is 5.92 Å². The fourth-order valence-electron chi connectivity index (χ4n) is 3.02. The maximum atomic E-state index is 12.8. The molecule has 1 saturated carbocycles. The molecule has 0 bridgehead atoms. The van der Waals surface area contributed by atoms with Crippen LogP contribution < -0.4 is 0 Å². The van der Waals surface area contributed by atoms with Crippen molar-refractivity contribution < 1.29 is 9.90 Å². The van der Waals surface area contributed by atoms with Crippen LogP contribution in [0.1, 0.15) is 29.6 Å². The molecule has 1 heterocycles. The molecule has 0 spiro atoms. The van der Waals surface area contributed by atoms with Crippen molar-refractivity contribution in [1.82, 2.24) is 25.1 Å². The lowest BCUT2D eigenvalue weighted by Crippen LogP contribution is -2.35. The smallest absolute Gasteiger partial charge is 0.255 e. The SMILES string of the molecule is CN(CC1CCCC1O)C(=O)c1cc(Cl)ccc1-n1cnnn1. The predicted molar refractivity (Wildman–Crippen MR) is 84.5 cm³/mol. The van der Waals surface area contributed by atoms with Gasteiger partial charge in [-0.1, -0.05) is 18.0 Å². The lowest BCUT2D eigenvalue weighted by atomic mass is 10.0. The number of carbonyl (C=O) groups is 1. The summed E-state index contributed by atoms with van der Waals surface area (Å²) < 4.78 is 1.43. The molecule has 1 aromatic heterocycles. The zero-order valence-electron chi connectivity index (χ0n) is 12.8. The van der Waals surface area contributed by atoms with Gasteiger partial charge in [-0.15, -0.1) is 5.10 Å². The van der Waals surface area contributed by atoms with Crippen molar-refractivity contribution in [3.05, 3.63) is 35.1 Å². The first-order chi connectivity index (χ1) is 11.1. The highest BCUT2D eigenvalue weighted by molar-refractivity contribution is 6.31. The maximum Gasteiger partial charge on any atom is 0.255 e. The molecule has 2 unspecified atom stereocenters. The number of benzene rings is 1. The largest absolute Gasteiger partial charge is 0.393 e. The summed E-state index contributed by atoms with van der Waals surface area (Å²) in [5, 5.41) is 21.5. The lowest BCUT2D eigenvalue weighted by Gasteiger charge is -2.24. The van der Waals surface area contributed by atoms with Crippen molar-refractivity contribution in [1.29, 1.82) is 0 Å². The van der Waals surface area contributed by atoms with Gasteiger partial charge in [0, 0.05) is 24.5 Å². The first-order valence-corrected chi connectivity index (χ1v) is 7.90. The molecule has 1 fully saturated rings. The first-order valence-electron chi connectivity index (χ1n) is 7.52. The van der Waals surface area contributed by atoms with Crippen LogP contribution in [0.3, 0.4) is 0 Å². The van der Waals surface area contributed by atoms with Crippen LogP contribution in [0.15, 0.2) is 24.5 Å². The third-order valence-corrected chi connectivity index (χ3v) is 4.49. The van der Waals surface area contributed by atoms with E-state index >= 15 is 0 Å². The summed E-state index contributed by atoms with van der Waals surface area (Å²) in [6, 6.07) is 5.02. The van der Waals surface area contributed by atoms with E-state index in [2.05, 4.69) is 15.5 Å². The van der Waals surface area contributed by atoms with Crippen LogP contribution in [0.5, 0.6) is 0 Å². The fraction of sp³-hybridized carbons (Fsp3) is 0.467. The van der Waals surface area contributed by atoms with Crippen LogP contribution >= 0.6 is 11.6 Å². The molecule has 23 heavy (non-hydrogen) atoms. The van der Waals surface area contributed by atoms with Crippen molar-refractivity contribution >= 4 is 17.5 Å². The summed E-state index contributed by atoms with van der Waals surface area (Å²) in [7, 11) is 1.73. The topological polar surface area (TPSA) is 84.1 Å². The third kappa shape index (κ3) is 3.35. The van der Waals surface area contributed by atoms with E-state index in [-0.39, 0.29) is 17.9 Å². The Morgan fingerprint density at radius 3 is 2.96 bits per heavy atom. The fourth-order valence-corrected chi connectivity index (χ4v) is 3.19. The Hall–Kier alpha value is -1.99. The Labute approximate surface area is 138 Å². The zero-order chi connectivity index (χ0) is 16.4. The second-order valence-electron chi connectivity index (χ2n) is 5.86. The average molecular weight is 336 g/mol. The normalized spacial score (nSPS) is 20.7. The van der Waals surface area contributed by atoms with E-state index in [1.165, 1.54) is 11.0 Å². The number of aliphatic hydroxyl groups excluding tert-OH is 1. The molecule has 7 nitrogen and oxygen atoms in total. The molecule has 1 aromatic carbocycles. The van der Waals surface area contributed by atoms with E-state index in [4.69, 9.17) is 11.6 Å². The number of hydrogen-bond acceptors (Lipinski definition) is 5. The number of amides is 1. The van der Waals surface area contributed by atoms with Gasteiger partial charge >= 0.3 is 0 Å². The minimum Gasteiger partial charge on any atom is -0.393 e. The van der Waals surface area contributed by atoms with E-state index in [0.717, 1.165) is 19.3 Å². The monoisotopic (exact) mass is 335 g/mol. The quantitative estimate of drug-likeness (QED) is 0.916. The highest BCUT2D eigenvalue weighted by atomic mass is 35.5. The van der Waals surface area contributed by atoms with Gasteiger partial charge in [-0.2, -0.15) is 4.68 Å². The van der Waals surface area contributed by atoms with Crippen LogP contribution in [0.4, 0.5) is 0 Å². The molecule has 0 radical (unpaired) electrons. The molecule has 0 aliphatic heterocycles. The number of carbonyl (C=O) groups excluding carboxylic acids is 1. The summed E-state index contributed by atoms with van der Waals surface area (Å²) in [5.41, 5.74) is 1.00. The molecule has 3 rings (SSSR count). The molecule has 1 N–H and O–H groups in total. The summed E-state index contributed by atoms with van der Waals surface area (Å²) in [6.45, 7) is 0.515. The molecule has 2 atom stereocenters. The number of halogens is 1. The van der Waals surface area contributed by atoms with Gasteiger partial charge < -0.3 is 10.0 Å². The molecule has 2 aromatic rings. The number of nitrogens with zero attached hydrogens (tertiary/aromatic N) is 5. The van der Waals surface area contributed by atoms with Crippen LogP contribution in [0.25, 0.3) is 5.69 Å². The minimum atomic E-state index is -0.330. The zero-order valence-corrected chi connectivity index (χ0v) is 13.5. The number of aromatic nitrogens is 4. The Bertz CT molecular complexity index is 691. The van der Waals surface area contributed by atoms with Crippen LogP contribution in [-0.2, 0) is 0 Å². The number of hydrogen-bond donors (Lipinski definition) is 1. The van der Waals surface area contributed by atoms with Gasteiger partial charge in [-0.05, 0) is 41.5 Å². The Morgan fingerprint density at radius 1 is 1.48 bits per heavy atom. The van der Waals surface area contributed by atoms with Gasteiger partial charge in [0.2, 0.25) is 0 Å². The van der Waals surface area contributed by atoms with Crippen LogP contribution in [-0.4, -0.2) is 55.8 Å². The maximum absolute atomic E-state index is 12.8. The van der Waals surface area contributed by atoms with E-state index in [9.17, 15) is 9.90 Å². The number of tetrazole rings is 1. The van der Waals surface area contributed by atoms with Crippen molar-refractivity contribution in [2.75, 3.05) is 13.6 Å². The summed E-state index contributed by atoms with van der Waals surface area (Å²) >= 11 is 6.05. The standard InChI is InChI=1S/C15H18ClN5O2/c1-20(8-10-3-2-4-14(10)22)15(23)12-7-11(16)5-6-13(12)21-9-17-18-19-21/h5-7,9-10,14,22H,2-4,8H2,1H3. The molecule has 1 aliphatic carbocycles. The van der Waals surface area contributed by atoms with Crippen molar-refractivity contribution in [2.45, 2.75) is 25.4 Å². The average Bonchev–Trinajstić information content (AvgIpc) is 3.19. The van der Waals surface area contributed by atoms with Crippen LogP contribution in [0.2, 0.25) is 5.02 Å². The summed E-state index contributed by atoms with van der Waals surface area (Å²) in [4.78, 5) is 14.4. The van der Waals surface area contributed by atoms with E-state index in [1.807, 2.05) is 0 Å². The van der Waals surface area contributed by atoms with E-state index in [0.29, 0.717) is 22.8 Å². The molecule has 8 heteroatoms. The second kappa shape index (κ2) is 6.64. The Morgan fingerprint density at radius 2 is 2.30 bits per heavy atom. The van der Waals surface area contributed by atoms with Gasteiger partial charge in [0.1, 0.15) is 6.33 Å². The minimum absolute atomic E-state index is 0.125. The lowest BCUT2D eigenvalue weighted by molar-refractivity contribution is 0.0693. The third-order valence-electron chi connectivity index (χ3n) is 4.26. The highest BCUT2D eigenvalue weighted by Gasteiger charge is 2.28. The van der Waals surface area contributed by atoms with Crippen molar-refractivity contribution in [3.8, 4) is 5.69 Å². The molecular formula is C15H18ClN5O2. The van der Waals surface area contributed by atoms with Gasteiger partial charge in [0.15, 0.2) is 0 Å². The Kier molecular flexibility index (Phi) is 4.58. The number of aliphatic hydroxyl groups is 1. The van der Waals surface area contributed by atoms with Gasteiger partial charge in [0.25, 0.3) is 5.91 Å². The van der Waals surface area contributed by atoms with Gasteiger partial charge in [0.05, 0.1) is 17.4 Å². The van der Waals surface area contributed by atoms with Crippen LogP contribution in [0, 0.1) is 5.92 Å². The predicted octanol–water partition coefficient (Wildman–Crippen LogP) is 1.55. The van der Waals surface area contributed by atoms with E-state index < -0.39 is 0 Å². The summed E-state index contributed by atoms with van der Waals surface area (Å²) in [5.74, 6) is -0.0447. The molecule has 0 saturated heterocycles. The first kappa shape index (κ1) is 15.9. The Balaban J connectivity index is 1.85. The second-order valence-corrected chi connectivity index (χ2v) is 6.30. The van der Waals surface area contributed by atoms with Gasteiger partial charge in [-0.25, -0.2) is 0 Å². The van der Waals surface area contributed by atoms with Gasteiger partial charge in [-0.3, -0.25) is 4.79 Å². The highest BCUT2D eigenvalue weighted by Crippen LogP contribution is 2.27. The molecule has 1 aliphatic rings. The number of rotatable bonds is 4.